The first-order chi connectivity index (χ1) is 18.9. The second-order valence-corrected chi connectivity index (χ2v) is 11.2. The lowest BCUT2D eigenvalue weighted by molar-refractivity contribution is -0.140. The Morgan fingerprint density at radius 1 is 0.718 bits per heavy atom. The van der Waals surface area contributed by atoms with E-state index in [-0.39, 0.29) is 24.2 Å². The summed E-state index contributed by atoms with van der Waals surface area (Å²) in [6.45, 7) is 4.49. The van der Waals surface area contributed by atoms with Crippen LogP contribution in [0, 0.1) is 46.9 Å². The third-order valence-corrected chi connectivity index (χ3v) is 8.69. The van der Waals surface area contributed by atoms with Crippen LogP contribution in [-0.2, 0) is 4.79 Å². The second-order valence-electron chi connectivity index (χ2n) is 11.2. The van der Waals surface area contributed by atoms with Crippen LogP contribution in [0.25, 0.3) is 11.1 Å². The largest absolute Gasteiger partial charge is 0.490 e. The Labute approximate surface area is 229 Å². The molecule has 2 aromatic carbocycles. The average molecular weight is 549 g/mol. The summed E-state index contributed by atoms with van der Waals surface area (Å²) in [7, 11) is 0. The fourth-order valence-electron chi connectivity index (χ4n) is 6.59. The molecule has 0 N–H and O–H groups in total. The highest BCUT2D eigenvalue weighted by Gasteiger charge is 2.47. The van der Waals surface area contributed by atoms with E-state index in [9.17, 15) is 18.0 Å². The first-order valence-corrected chi connectivity index (χ1v) is 14.7. The molecule has 39 heavy (non-hydrogen) atoms. The van der Waals surface area contributed by atoms with Crippen molar-refractivity contribution in [2.24, 2.45) is 23.7 Å². The van der Waals surface area contributed by atoms with E-state index in [4.69, 9.17) is 9.47 Å². The minimum atomic E-state index is -1.40. The minimum absolute atomic E-state index is 0.223. The van der Waals surface area contributed by atoms with Crippen LogP contribution >= 0.6 is 0 Å². The van der Waals surface area contributed by atoms with Gasteiger partial charge in [0.25, 0.3) is 0 Å². The topological polar surface area (TPSA) is 35.5 Å². The summed E-state index contributed by atoms with van der Waals surface area (Å²) in [6.07, 6.45) is 12.2. The van der Waals surface area contributed by atoms with Gasteiger partial charge in [-0.3, -0.25) is 4.79 Å². The molecule has 0 heterocycles. The number of ether oxygens (including phenoxy) is 2. The Kier molecular flexibility index (Phi) is 10.3. The molecule has 0 aliphatic heterocycles. The van der Waals surface area contributed by atoms with Crippen LogP contribution in [0.15, 0.2) is 24.3 Å². The maximum absolute atomic E-state index is 15.0. The lowest BCUT2D eigenvalue weighted by Gasteiger charge is -2.20. The number of benzene rings is 2. The van der Waals surface area contributed by atoms with Crippen LogP contribution in [0.2, 0.25) is 0 Å². The van der Waals surface area contributed by atoms with E-state index in [1.807, 2.05) is 0 Å². The SMILES string of the molecule is CCCCCCOc1ccc(-c2ccc(OC(=O)C3CCC4C(CCCCC)CCC34)c(F)c2F)c(F)c1F. The van der Waals surface area contributed by atoms with Gasteiger partial charge in [0, 0.05) is 11.1 Å². The number of halogens is 4. The Morgan fingerprint density at radius 2 is 1.33 bits per heavy atom. The van der Waals surface area contributed by atoms with Crippen LogP contribution < -0.4 is 9.47 Å². The second kappa shape index (κ2) is 13.7. The number of rotatable bonds is 13. The predicted molar refractivity (Wildman–Crippen MR) is 144 cm³/mol. The maximum Gasteiger partial charge on any atom is 0.314 e. The number of carbonyl (C=O) groups excluding carboxylic acids is 1. The van der Waals surface area contributed by atoms with Crippen molar-refractivity contribution in [3.63, 3.8) is 0 Å². The molecule has 0 spiro atoms. The zero-order valence-corrected chi connectivity index (χ0v) is 23.0. The van der Waals surface area contributed by atoms with Gasteiger partial charge in [0.1, 0.15) is 0 Å². The van der Waals surface area contributed by atoms with Crippen LogP contribution in [0.4, 0.5) is 17.6 Å². The fraction of sp³-hybridized carbons (Fsp3) is 0.594. The molecule has 4 rings (SSSR count). The smallest absolute Gasteiger partial charge is 0.314 e. The first kappa shape index (κ1) is 29.4. The van der Waals surface area contributed by atoms with E-state index in [2.05, 4.69) is 13.8 Å². The highest BCUT2D eigenvalue weighted by Crippen LogP contribution is 2.52. The van der Waals surface area contributed by atoms with Crippen molar-refractivity contribution in [3.8, 4) is 22.6 Å². The molecule has 2 fully saturated rings. The molecule has 0 saturated heterocycles. The number of unbranched alkanes of at least 4 members (excludes halogenated alkanes) is 5. The minimum Gasteiger partial charge on any atom is -0.490 e. The Hall–Kier alpha value is -2.57. The molecule has 4 atom stereocenters. The lowest BCUT2D eigenvalue weighted by atomic mass is 9.86. The van der Waals surface area contributed by atoms with Crippen LogP contribution in [0.1, 0.15) is 90.9 Å². The Bertz CT molecular complexity index is 1130. The van der Waals surface area contributed by atoms with E-state index in [1.54, 1.807) is 0 Å². The number of esters is 1. The molecule has 4 unspecified atom stereocenters. The van der Waals surface area contributed by atoms with Crippen molar-refractivity contribution in [2.75, 3.05) is 6.61 Å². The highest BCUT2D eigenvalue weighted by molar-refractivity contribution is 5.76. The summed E-state index contributed by atoms with van der Waals surface area (Å²) >= 11 is 0. The number of fused-ring (bicyclic) bond motifs is 1. The highest BCUT2D eigenvalue weighted by atomic mass is 19.2. The molecule has 0 aromatic heterocycles. The van der Waals surface area contributed by atoms with Crippen LogP contribution in [0.3, 0.4) is 0 Å². The zero-order chi connectivity index (χ0) is 27.9. The molecule has 0 bridgehead atoms. The fourth-order valence-corrected chi connectivity index (χ4v) is 6.59. The van der Waals surface area contributed by atoms with Gasteiger partial charge in [0.2, 0.25) is 11.6 Å². The summed E-state index contributed by atoms with van der Waals surface area (Å²) in [6, 6.07) is 4.60. The molecule has 2 saturated carbocycles. The average Bonchev–Trinajstić information content (AvgIpc) is 3.53. The molecule has 2 aliphatic carbocycles. The third kappa shape index (κ3) is 6.60. The van der Waals surface area contributed by atoms with Crippen molar-refractivity contribution < 1.29 is 31.8 Å². The molecular weight excluding hydrogens is 508 g/mol. The lowest BCUT2D eigenvalue weighted by Crippen LogP contribution is -2.25. The van der Waals surface area contributed by atoms with Crippen LogP contribution in [-0.4, -0.2) is 12.6 Å². The summed E-state index contributed by atoms with van der Waals surface area (Å²) in [5.74, 6) is -5.69. The van der Waals surface area contributed by atoms with Crippen molar-refractivity contribution in [1.82, 2.24) is 0 Å². The van der Waals surface area contributed by atoms with E-state index in [0.717, 1.165) is 50.7 Å². The predicted octanol–water partition coefficient (Wildman–Crippen LogP) is 9.41. The van der Waals surface area contributed by atoms with E-state index < -0.39 is 46.1 Å². The van der Waals surface area contributed by atoms with E-state index in [1.165, 1.54) is 37.8 Å². The molecule has 3 nitrogen and oxygen atoms in total. The Balaban J connectivity index is 1.42. The van der Waals surface area contributed by atoms with E-state index >= 15 is 4.39 Å². The van der Waals surface area contributed by atoms with Crippen LogP contribution in [0.5, 0.6) is 11.5 Å². The Morgan fingerprint density at radius 3 is 2.03 bits per heavy atom. The van der Waals surface area contributed by atoms with Gasteiger partial charge in [-0.05, 0) is 74.1 Å². The normalized spacial score (nSPS) is 22.2. The standard InChI is InChI=1S/C32H40F4O3/c1-3-5-7-9-19-38-26-17-15-23(28(33)30(26)35)24-16-18-27(31(36)29(24)34)39-32(37)25-14-13-21-20(10-8-6-4-2)11-12-22(21)25/h15-18,20-22,25H,3-14,19H2,1-2H3. The molecule has 7 heteroatoms. The molecule has 0 radical (unpaired) electrons. The van der Waals surface area contributed by atoms with Gasteiger partial charge in [-0.15, -0.1) is 0 Å². The number of hydrogen-bond donors (Lipinski definition) is 0. The van der Waals surface area contributed by atoms with Gasteiger partial charge in [-0.2, -0.15) is 8.78 Å². The quantitative estimate of drug-likeness (QED) is 0.108. The molecule has 0 amide bonds. The zero-order valence-electron chi connectivity index (χ0n) is 23.0. The third-order valence-electron chi connectivity index (χ3n) is 8.69. The molecule has 214 valence electrons. The molecule has 2 aliphatic rings. The summed E-state index contributed by atoms with van der Waals surface area (Å²) in [4.78, 5) is 13.0. The number of hydrogen-bond acceptors (Lipinski definition) is 3. The van der Waals surface area contributed by atoms with Gasteiger partial charge in [0.05, 0.1) is 12.5 Å². The molecule has 2 aromatic rings. The summed E-state index contributed by atoms with van der Waals surface area (Å²) < 4.78 is 70.2. The van der Waals surface area contributed by atoms with Gasteiger partial charge < -0.3 is 9.47 Å². The monoisotopic (exact) mass is 548 g/mol. The van der Waals surface area contributed by atoms with Gasteiger partial charge in [-0.1, -0.05) is 58.8 Å². The summed E-state index contributed by atoms with van der Waals surface area (Å²) in [5, 5.41) is 0. The van der Waals surface area contributed by atoms with Crippen molar-refractivity contribution in [2.45, 2.75) is 90.9 Å². The van der Waals surface area contributed by atoms with Gasteiger partial charge >= 0.3 is 5.97 Å². The maximum atomic E-state index is 15.0. The van der Waals surface area contributed by atoms with Crippen molar-refractivity contribution in [1.29, 1.82) is 0 Å². The van der Waals surface area contributed by atoms with E-state index in [0.29, 0.717) is 24.7 Å². The number of carbonyl (C=O) groups is 1. The first-order valence-electron chi connectivity index (χ1n) is 14.7. The van der Waals surface area contributed by atoms with Crippen molar-refractivity contribution in [3.05, 3.63) is 47.5 Å². The molecular formula is C32H40F4O3. The van der Waals surface area contributed by atoms with Gasteiger partial charge in [0.15, 0.2) is 23.1 Å². The van der Waals surface area contributed by atoms with Gasteiger partial charge in [-0.25, -0.2) is 8.78 Å². The summed E-state index contributed by atoms with van der Waals surface area (Å²) in [5.41, 5.74) is -0.886. The van der Waals surface area contributed by atoms with Crippen molar-refractivity contribution >= 4 is 5.97 Å².